The quantitative estimate of drug-likeness (QED) is 0.755. The van der Waals surface area contributed by atoms with E-state index in [1.54, 1.807) is 12.4 Å². The predicted octanol–water partition coefficient (Wildman–Crippen LogP) is 1.42. The fourth-order valence-electron chi connectivity index (χ4n) is 3.55. The molecule has 2 aliphatic heterocycles. The smallest absolute Gasteiger partial charge is 0.224 e. The topological polar surface area (TPSA) is 54.9 Å². The van der Waals surface area contributed by atoms with Gasteiger partial charge in [0.15, 0.2) is 0 Å². The molecule has 1 aromatic rings. The molecular weight excluding hydrogens is 306 g/mol. The minimum absolute atomic E-state index is 0.133. The van der Waals surface area contributed by atoms with Gasteiger partial charge in [-0.25, -0.2) is 0 Å². The lowest BCUT2D eigenvalue weighted by Gasteiger charge is -2.50. The fourth-order valence-corrected chi connectivity index (χ4v) is 3.55. The zero-order valence-corrected chi connectivity index (χ0v) is 14.6. The third-order valence-corrected chi connectivity index (χ3v) is 5.01. The number of amides is 1. The first-order valence-corrected chi connectivity index (χ1v) is 8.68. The molecule has 24 heavy (non-hydrogen) atoms. The van der Waals surface area contributed by atoms with E-state index >= 15 is 0 Å². The van der Waals surface area contributed by atoms with E-state index in [2.05, 4.69) is 4.98 Å². The van der Waals surface area contributed by atoms with Crippen molar-refractivity contribution in [3.63, 3.8) is 0 Å². The molecular formula is C18H27N3O3. The molecule has 2 saturated heterocycles. The van der Waals surface area contributed by atoms with Gasteiger partial charge >= 0.3 is 0 Å². The van der Waals surface area contributed by atoms with Crippen molar-refractivity contribution < 1.29 is 14.3 Å². The van der Waals surface area contributed by atoms with Crippen molar-refractivity contribution in [1.82, 2.24) is 14.8 Å². The molecule has 1 spiro atoms. The highest BCUT2D eigenvalue weighted by molar-refractivity contribution is 5.77. The lowest BCUT2D eigenvalue weighted by molar-refractivity contribution is -0.166. The van der Waals surface area contributed by atoms with Gasteiger partial charge in [-0.05, 0) is 45.0 Å². The molecule has 3 rings (SSSR count). The Balaban J connectivity index is 1.44. The standard InChI is InChI=1S/C18H27N3O3/c1-20(2)9-5-17(22)21-13-18(14-21)15(7-11-24-18)6-10-23-16-4-3-8-19-12-16/h3-4,8,12,15H,5-7,9-11,13-14H2,1-2H3. The largest absolute Gasteiger partial charge is 0.492 e. The Morgan fingerprint density at radius 2 is 2.33 bits per heavy atom. The highest BCUT2D eigenvalue weighted by Crippen LogP contribution is 2.41. The van der Waals surface area contributed by atoms with Crippen molar-refractivity contribution in [2.45, 2.75) is 24.9 Å². The summed E-state index contributed by atoms with van der Waals surface area (Å²) in [4.78, 5) is 20.2. The second-order valence-corrected chi connectivity index (χ2v) is 7.03. The number of ether oxygens (including phenoxy) is 2. The van der Waals surface area contributed by atoms with Crippen LogP contribution in [0.4, 0.5) is 0 Å². The first-order chi connectivity index (χ1) is 11.6. The molecule has 1 atom stereocenters. The molecule has 1 unspecified atom stereocenters. The van der Waals surface area contributed by atoms with Crippen LogP contribution < -0.4 is 4.74 Å². The summed E-state index contributed by atoms with van der Waals surface area (Å²) in [6.45, 7) is 3.71. The van der Waals surface area contributed by atoms with Crippen LogP contribution >= 0.6 is 0 Å². The number of carbonyl (C=O) groups excluding carboxylic acids is 1. The monoisotopic (exact) mass is 333 g/mol. The number of pyridine rings is 1. The van der Waals surface area contributed by atoms with Crippen LogP contribution in [0.1, 0.15) is 19.3 Å². The third-order valence-electron chi connectivity index (χ3n) is 5.01. The van der Waals surface area contributed by atoms with E-state index in [-0.39, 0.29) is 11.5 Å². The summed E-state index contributed by atoms with van der Waals surface area (Å²) in [5.41, 5.74) is -0.133. The highest BCUT2D eigenvalue weighted by Gasteiger charge is 2.53. The average molecular weight is 333 g/mol. The second kappa shape index (κ2) is 7.49. The van der Waals surface area contributed by atoms with Crippen molar-refractivity contribution in [2.24, 2.45) is 5.92 Å². The molecule has 132 valence electrons. The third kappa shape index (κ3) is 3.87. The number of likely N-dealkylation sites (tertiary alicyclic amines) is 1. The molecule has 6 nitrogen and oxygen atoms in total. The van der Waals surface area contributed by atoms with E-state index in [0.29, 0.717) is 18.9 Å². The molecule has 0 aromatic carbocycles. The Bertz CT molecular complexity index is 544. The normalized spacial score (nSPS) is 22.0. The molecule has 0 aliphatic carbocycles. The molecule has 0 bridgehead atoms. The van der Waals surface area contributed by atoms with E-state index in [4.69, 9.17) is 9.47 Å². The minimum Gasteiger partial charge on any atom is -0.492 e. The van der Waals surface area contributed by atoms with Crippen LogP contribution in [-0.2, 0) is 9.53 Å². The van der Waals surface area contributed by atoms with Crippen molar-refractivity contribution in [3.05, 3.63) is 24.5 Å². The number of nitrogens with zero attached hydrogens (tertiary/aromatic N) is 3. The summed E-state index contributed by atoms with van der Waals surface area (Å²) in [6.07, 6.45) is 6.06. The molecule has 0 radical (unpaired) electrons. The molecule has 0 saturated carbocycles. The average Bonchev–Trinajstić information content (AvgIpc) is 2.96. The van der Waals surface area contributed by atoms with Crippen molar-refractivity contribution >= 4 is 5.91 Å². The predicted molar refractivity (Wildman–Crippen MR) is 90.9 cm³/mol. The number of hydrogen-bond donors (Lipinski definition) is 0. The number of aromatic nitrogens is 1. The zero-order chi connectivity index (χ0) is 17.0. The van der Waals surface area contributed by atoms with E-state index in [9.17, 15) is 4.79 Å². The van der Waals surface area contributed by atoms with E-state index in [1.807, 2.05) is 36.0 Å². The van der Waals surface area contributed by atoms with Gasteiger partial charge in [0, 0.05) is 25.8 Å². The van der Waals surface area contributed by atoms with E-state index in [0.717, 1.165) is 44.8 Å². The molecule has 2 fully saturated rings. The van der Waals surface area contributed by atoms with Crippen molar-refractivity contribution in [1.29, 1.82) is 0 Å². The maximum Gasteiger partial charge on any atom is 0.224 e. The second-order valence-electron chi connectivity index (χ2n) is 7.03. The maximum absolute atomic E-state index is 12.2. The van der Waals surface area contributed by atoms with Crippen LogP contribution in [0, 0.1) is 5.92 Å². The molecule has 0 N–H and O–H groups in total. The van der Waals surface area contributed by atoms with E-state index < -0.39 is 0 Å². The van der Waals surface area contributed by atoms with Gasteiger partial charge in [0.25, 0.3) is 0 Å². The lowest BCUT2D eigenvalue weighted by atomic mass is 9.79. The van der Waals surface area contributed by atoms with Gasteiger partial charge in [-0.2, -0.15) is 0 Å². The van der Waals surface area contributed by atoms with Crippen LogP contribution in [0.15, 0.2) is 24.5 Å². The summed E-state index contributed by atoms with van der Waals surface area (Å²) in [5.74, 6) is 1.50. The summed E-state index contributed by atoms with van der Waals surface area (Å²) in [5, 5.41) is 0. The molecule has 1 aromatic heterocycles. The zero-order valence-electron chi connectivity index (χ0n) is 14.6. The first-order valence-electron chi connectivity index (χ1n) is 8.68. The van der Waals surface area contributed by atoms with Crippen molar-refractivity contribution in [3.8, 4) is 5.75 Å². The Hall–Kier alpha value is -1.66. The highest BCUT2D eigenvalue weighted by atomic mass is 16.5. The van der Waals surface area contributed by atoms with Crippen LogP contribution in [0.25, 0.3) is 0 Å². The Labute approximate surface area is 143 Å². The van der Waals surface area contributed by atoms with Crippen LogP contribution in [0.3, 0.4) is 0 Å². The summed E-state index contributed by atoms with van der Waals surface area (Å²) in [7, 11) is 3.98. The number of carbonyl (C=O) groups is 1. The Morgan fingerprint density at radius 1 is 1.50 bits per heavy atom. The lowest BCUT2D eigenvalue weighted by Crippen LogP contribution is -2.66. The van der Waals surface area contributed by atoms with Gasteiger partial charge in [-0.3, -0.25) is 9.78 Å². The first kappa shape index (κ1) is 17.2. The molecule has 3 heterocycles. The minimum atomic E-state index is -0.133. The van der Waals surface area contributed by atoms with Crippen molar-refractivity contribution in [2.75, 3.05) is 46.9 Å². The number of hydrogen-bond acceptors (Lipinski definition) is 5. The summed E-state index contributed by atoms with van der Waals surface area (Å²) in [6, 6.07) is 3.79. The maximum atomic E-state index is 12.2. The van der Waals surface area contributed by atoms with Crippen LogP contribution in [-0.4, -0.2) is 73.2 Å². The van der Waals surface area contributed by atoms with Gasteiger partial charge in [-0.1, -0.05) is 0 Å². The van der Waals surface area contributed by atoms with Gasteiger partial charge in [0.2, 0.25) is 5.91 Å². The summed E-state index contributed by atoms with van der Waals surface area (Å²) < 4.78 is 11.8. The number of rotatable bonds is 7. The van der Waals surface area contributed by atoms with Gasteiger partial charge < -0.3 is 19.3 Å². The molecule has 6 heteroatoms. The Kier molecular flexibility index (Phi) is 5.36. The van der Waals surface area contributed by atoms with E-state index in [1.165, 1.54) is 0 Å². The van der Waals surface area contributed by atoms with Gasteiger partial charge in [0.1, 0.15) is 11.4 Å². The van der Waals surface area contributed by atoms with Crippen LogP contribution in [0.5, 0.6) is 5.75 Å². The van der Waals surface area contributed by atoms with Gasteiger partial charge in [-0.15, -0.1) is 0 Å². The summed E-state index contributed by atoms with van der Waals surface area (Å²) >= 11 is 0. The Morgan fingerprint density at radius 3 is 3.04 bits per heavy atom. The fraction of sp³-hybridized carbons (Fsp3) is 0.667. The van der Waals surface area contributed by atoms with Crippen LogP contribution in [0.2, 0.25) is 0 Å². The molecule has 1 amide bonds. The van der Waals surface area contributed by atoms with Gasteiger partial charge in [0.05, 0.1) is 25.9 Å². The molecule has 2 aliphatic rings. The SMILES string of the molecule is CN(C)CCC(=O)N1CC2(C1)OCCC2CCOc1cccnc1.